The van der Waals surface area contributed by atoms with E-state index in [9.17, 15) is 9.59 Å². The predicted octanol–water partition coefficient (Wildman–Crippen LogP) is 1.67. The second-order valence-corrected chi connectivity index (χ2v) is 5.82. The lowest BCUT2D eigenvalue weighted by molar-refractivity contribution is -0.136. The average Bonchev–Trinajstić information content (AvgIpc) is 2.69. The summed E-state index contributed by atoms with van der Waals surface area (Å²) in [5.74, 6) is -1.71. The molecule has 2 aromatic rings. The Morgan fingerprint density at radius 3 is 2.52 bits per heavy atom. The van der Waals surface area contributed by atoms with E-state index in [2.05, 4.69) is 10.6 Å². The largest absolute Gasteiger partial charge is 0.394 e. The van der Waals surface area contributed by atoms with Crippen LogP contribution in [0.4, 0.5) is 5.69 Å². The van der Waals surface area contributed by atoms with Gasteiger partial charge in [-0.25, -0.2) is 0 Å². The molecule has 0 aliphatic heterocycles. The molecule has 0 saturated heterocycles. The van der Waals surface area contributed by atoms with Crippen LogP contribution in [0.3, 0.4) is 0 Å². The van der Waals surface area contributed by atoms with Gasteiger partial charge < -0.3 is 20.5 Å². The van der Waals surface area contributed by atoms with Crippen molar-refractivity contribution in [1.29, 1.82) is 5.26 Å². The molecule has 27 heavy (non-hydrogen) atoms. The van der Waals surface area contributed by atoms with Gasteiger partial charge in [0.05, 0.1) is 30.6 Å². The van der Waals surface area contributed by atoms with Crippen molar-refractivity contribution in [3.8, 4) is 6.07 Å². The van der Waals surface area contributed by atoms with Crippen LogP contribution in [0.2, 0.25) is 0 Å². The lowest BCUT2D eigenvalue weighted by Crippen LogP contribution is -2.38. The molecule has 0 aliphatic carbocycles. The zero-order chi connectivity index (χ0) is 19.6. The number of rotatable bonds is 7. The summed E-state index contributed by atoms with van der Waals surface area (Å²) in [5, 5.41) is 23.0. The first kappa shape index (κ1) is 20.1. The number of hydrogen-bond acceptors (Lipinski definition) is 5. The zero-order valence-electron chi connectivity index (χ0n) is 14.9. The predicted molar refractivity (Wildman–Crippen MR) is 99.8 cm³/mol. The van der Waals surface area contributed by atoms with E-state index < -0.39 is 17.9 Å². The van der Waals surface area contributed by atoms with E-state index in [1.165, 1.54) is 0 Å². The molecule has 2 aromatic carbocycles. The van der Waals surface area contributed by atoms with Crippen molar-refractivity contribution >= 4 is 17.5 Å². The van der Waals surface area contributed by atoms with Crippen LogP contribution in [0.1, 0.15) is 22.8 Å². The summed E-state index contributed by atoms with van der Waals surface area (Å²) in [5.41, 5.74) is 2.44. The van der Waals surface area contributed by atoms with Crippen molar-refractivity contribution in [3.05, 3.63) is 65.2 Å². The van der Waals surface area contributed by atoms with E-state index in [4.69, 9.17) is 15.1 Å². The van der Waals surface area contributed by atoms with Gasteiger partial charge in [-0.3, -0.25) is 9.59 Å². The third-order valence-corrected chi connectivity index (χ3v) is 3.81. The quantitative estimate of drug-likeness (QED) is 0.645. The smallest absolute Gasteiger partial charge is 0.313 e. The van der Waals surface area contributed by atoms with Crippen LogP contribution >= 0.6 is 0 Å². The summed E-state index contributed by atoms with van der Waals surface area (Å²) in [7, 11) is 0. The fourth-order valence-corrected chi connectivity index (χ4v) is 2.38. The fourth-order valence-electron chi connectivity index (χ4n) is 2.38. The van der Waals surface area contributed by atoms with Crippen molar-refractivity contribution < 1.29 is 19.4 Å². The molecule has 1 atom stereocenters. The van der Waals surface area contributed by atoms with Crippen LogP contribution in [0, 0.1) is 18.3 Å². The highest BCUT2D eigenvalue weighted by Crippen LogP contribution is 2.17. The van der Waals surface area contributed by atoms with Crippen LogP contribution in [-0.2, 0) is 14.3 Å². The van der Waals surface area contributed by atoms with Crippen molar-refractivity contribution in [3.63, 3.8) is 0 Å². The molecular weight excluding hydrogens is 346 g/mol. The maximum absolute atomic E-state index is 12.1. The number of nitriles is 1. The monoisotopic (exact) mass is 367 g/mol. The van der Waals surface area contributed by atoms with E-state index in [0.29, 0.717) is 0 Å². The number of carbonyl (C=O) groups is 2. The SMILES string of the molecule is Cc1ccc(C(CNC(=O)C(=O)Nc2ccccc2C#N)OCCO)cc1. The Bertz CT molecular complexity index is 828. The summed E-state index contributed by atoms with van der Waals surface area (Å²) in [4.78, 5) is 24.2. The first-order valence-corrected chi connectivity index (χ1v) is 8.42. The second-order valence-electron chi connectivity index (χ2n) is 5.82. The van der Waals surface area contributed by atoms with Gasteiger partial charge in [0.1, 0.15) is 6.07 Å². The first-order valence-electron chi connectivity index (χ1n) is 8.42. The van der Waals surface area contributed by atoms with Gasteiger partial charge in [0.15, 0.2) is 0 Å². The second kappa shape index (κ2) is 10.1. The fraction of sp³-hybridized carbons (Fsp3) is 0.250. The van der Waals surface area contributed by atoms with Crippen LogP contribution in [0.15, 0.2) is 48.5 Å². The highest BCUT2D eigenvalue weighted by atomic mass is 16.5. The summed E-state index contributed by atoms with van der Waals surface area (Å²) >= 11 is 0. The molecule has 2 amide bonds. The van der Waals surface area contributed by atoms with Gasteiger partial charge in [-0.1, -0.05) is 42.0 Å². The molecule has 3 N–H and O–H groups in total. The number of nitrogens with one attached hydrogen (secondary N) is 2. The van der Waals surface area contributed by atoms with Crippen LogP contribution in [-0.4, -0.2) is 36.7 Å². The van der Waals surface area contributed by atoms with Gasteiger partial charge in [-0.05, 0) is 24.6 Å². The number of para-hydroxylation sites is 1. The molecule has 0 saturated carbocycles. The van der Waals surface area contributed by atoms with E-state index in [1.54, 1.807) is 24.3 Å². The number of anilines is 1. The van der Waals surface area contributed by atoms with Gasteiger partial charge in [0.25, 0.3) is 0 Å². The van der Waals surface area contributed by atoms with Gasteiger partial charge in [0, 0.05) is 6.54 Å². The van der Waals surface area contributed by atoms with Crippen LogP contribution in [0.25, 0.3) is 0 Å². The van der Waals surface area contributed by atoms with Crippen LogP contribution < -0.4 is 10.6 Å². The maximum atomic E-state index is 12.1. The van der Waals surface area contributed by atoms with Crippen molar-refractivity contribution in [2.45, 2.75) is 13.0 Å². The Morgan fingerprint density at radius 1 is 1.15 bits per heavy atom. The highest BCUT2D eigenvalue weighted by Gasteiger charge is 2.18. The van der Waals surface area contributed by atoms with Gasteiger partial charge >= 0.3 is 11.8 Å². The molecular formula is C20H21N3O4. The molecule has 2 rings (SSSR count). The minimum atomic E-state index is -0.873. The number of aryl methyl sites for hydroxylation is 1. The maximum Gasteiger partial charge on any atom is 0.313 e. The highest BCUT2D eigenvalue weighted by molar-refractivity contribution is 6.39. The normalized spacial score (nSPS) is 11.3. The molecule has 0 bridgehead atoms. The number of benzene rings is 2. The van der Waals surface area contributed by atoms with E-state index in [0.717, 1.165) is 11.1 Å². The van der Waals surface area contributed by atoms with Crippen molar-refractivity contribution in [1.82, 2.24) is 5.32 Å². The minimum Gasteiger partial charge on any atom is -0.394 e. The number of aliphatic hydroxyl groups excluding tert-OH is 1. The molecule has 0 spiro atoms. The topological polar surface area (TPSA) is 111 Å². The third-order valence-electron chi connectivity index (χ3n) is 3.81. The standard InChI is InChI=1S/C20H21N3O4/c1-14-6-8-15(9-7-14)18(27-11-10-24)13-22-19(25)20(26)23-17-5-3-2-4-16(17)12-21/h2-9,18,24H,10-11,13H2,1H3,(H,22,25)(H,23,26). The van der Waals surface area contributed by atoms with Crippen LogP contribution in [0.5, 0.6) is 0 Å². The van der Waals surface area contributed by atoms with Gasteiger partial charge in [-0.15, -0.1) is 0 Å². The molecule has 1 unspecified atom stereocenters. The van der Waals surface area contributed by atoms with E-state index >= 15 is 0 Å². The van der Waals surface area contributed by atoms with E-state index in [1.807, 2.05) is 37.3 Å². The zero-order valence-corrected chi connectivity index (χ0v) is 14.9. The number of carbonyl (C=O) groups excluding carboxylic acids is 2. The summed E-state index contributed by atoms with van der Waals surface area (Å²) in [6.45, 7) is 1.98. The summed E-state index contributed by atoms with van der Waals surface area (Å²) in [6.07, 6.45) is -0.499. The summed E-state index contributed by atoms with van der Waals surface area (Å²) < 4.78 is 5.56. The van der Waals surface area contributed by atoms with E-state index in [-0.39, 0.29) is 31.0 Å². The Balaban J connectivity index is 1.98. The molecule has 0 radical (unpaired) electrons. The van der Waals surface area contributed by atoms with Gasteiger partial charge in [0.2, 0.25) is 0 Å². The molecule has 140 valence electrons. The number of ether oxygens (including phenoxy) is 1. The minimum absolute atomic E-state index is 0.0647. The molecule has 0 aromatic heterocycles. The molecule has 0 fully saturated rings. The Kier molecular flexibility index (Phi) is 7.49. The van der Waals surface area contributed by atoms with Crippen molar-refractivity contribution in [2.24, 2.45) is 0 Å². The summed E-state index contributed by atoms with van der Waals surface area (Å²) in [6, 6.07) is 15.9. The molecule has 0 aliphatic rings. The van der Waals surface area contributed by atoms with Gasteiger partial charge in [-0.2, -0.15) is 5.26 Å². The Hall–Kier alpha value is -3.21. The molecule has 7 nitrogen and oxygen atoms in total. The number of nitrogens with zero attached hydrogens (tertiary/aromatic N) is 1. The number of hydrogen-bond donors (Lipinski definition) is 3. The lowest BCUT2D eigenvalue weighted by Gasteiger charge is -2.18. The third kappa shape index (κ3) is 5.92. The van der Waals surface area contributed by atoms with Crippen molar-refractivity contribution in [2.75, 3.05) is 25.1 Å². The number of amides is 2. The Labute approximate surface area is 157 Å². The Morgan fingerprint density at radius 2 is 1.85 bits per heavy atom. The number of aliphatic hydroxyl groups is 1. The lowest BCUT2D eigenvalue weighted by atomic mass is 10.1. The molecule has 7 heteroatoms. The molecule has 0 heterocycles. The average molecular weight is 367 g/mol. The first-order chi connectivity index (χ1) is 13.0.